The van der Waals surface area contributed by atoms with E-state index >= 15 is 0 Å². The number of aromatic nitrogens is 1. The van der Waals surface area contributed by atoms with E-state index in [9.17, 15) is 0 Å². The second-order valence-corrected chi connectivity index (χ2v) is 6.09. The smallest absolute Gasteiger partial charge is 0.191 e. The van der Waals surface area contributed by atoms with Gasteiger partial charge in [0.15, 0.2) is 5.96 Å². The number of methoxy groups -OCH3 is 1. The molecule has 0 spiro atoms. The fourth-order valence-electron chi connectivity index (χ4n) is 2.21. The summed E-state index contributed by atoms with van der Waals surface area (Å²) in [6.45, 7) is 3.57. The van der Waals surface area contributed by atoms with Gasteiger partial charge in [0.1, 0.15) is 5.75 Å². The van der Waals surface area contributed by atoms with Crippen molar-refractivity contribution in [3.05, 3.63) is 45.9 Å². The molecular weight excluding hydrogens is 435 g/mol. The number of aryl methyl sites for hydroxylation is 2. The molecule has 2 aromatic rings. The van der Waals surface area contributed by atoms with Crippen LogP contribution in [0, 0.1) is 6.92 Å². The van der Waals surface area contributed by atoms with Gasteiger partial charge in [-0.15, -0.1) is 35.3 Å². The Morgan fingerprint density at radius 2 is 2.08 bits per heavy atom. The lowest BCUT2D eigenvalue weighted by Crippen LogP contribution is -2.37. The average molecular weight is 460 g/mol. The number of hydrogen-bond acceptors (Lipinski definition) is 4. The predicted octanol–water partition coefficient (Wildman–Crippen LogP) is 3.38. The van der Waals surface area contributed by atoms with E-state index < -0.39 is 0 Å². The molecule has 0 amide bonds. The van der Waals surface area contributed by atoms with Crippen molar-refractivity contribution in [1.29, 1.82) is 0 Å². The number of thiazole rings is 1. The highest BCUT2D eigenvalue weighted by molar-refractivity contribution is 14.0. The molecule has 24 heavy (non-hydrogen) atoms. The maximum absolute atomic E-state index is 5.35. The van der Waals surface area contributed by atoms with Crippen LogP contribution in [0.2, 0.25) is 0 Å². The van der Waals surface area contributed by atoms with Gasteiger partial charge in [-0.1, -0.05) is 18.2 Å². The number of guanidine groups is 1. The van der Waals surface area contributed by atoms with Crippen molar-refractivity contribution in [3.8, 4) is 5.75 Å². The van der Waals surface area contributed by atoms with Gasteiger partial charge in [0, 0.05) is 43.2 Å². The lowest BCUT2D eigenvalue weighted by atomic mass is 10.2. The normalized spacial score (nSPS) is 10.9. The number of aliphatic imine (C=N–C) groups is 1. The highest BCUT2D eigenvalue weighted by Gasteiger charge is 2.03. The third-order valence-corrected chi connectivity index (χ3v) is 4.42. The maximum atomic E-state index is 5.35. The summed E-state index contributed by atoms with van der Waals surface area (Å²) in [7, 11) is 3.47. The van der Waals surface area contributed by atoms with Crippen molar-refractivity contribution in [2.45, 2.75) is 26.3 Å². The molecule has 0 atom stereocenters. The van der Waals surface area contributed by atoms with Gasteiger partial charge in [0.2, 0.25) is 0 Å². The topological polar surface area (TPSA) is 58.5 Å². The molecule has 1 aromatic heterocycles. The van der Waals surface area contributed by atoms with Crippen LogP contribution in [0.4, 0.5) is 0 Å². The highest BCUT2D eigenvalue weighted by Crippen LogP contribution is 2.16. The minimum Gasteiger partial charge on any atom is -0.496 e. The molecule has 1 aromatic carbocycles. The summed E-state index contributed by atoms with van der Waals surface area (Å²) in [5, 5.41) is 9.93. The third-order valence-electron chi connectivity index (χ3n) is 3.39. The third kappa shape index (κ3) is 6.64. The second-order valence-electron chi connectivity index (χ2n) is 5.15. The first-order valence-corrected chi connectivity index (χ1v) is 8.58. The van der Waals surface area contributed by atoms with E-state index in [0.717, 1.165) is 42.4 Å². The Bertz CT molecular complexity index is 645. The molecule has 0 saturated carbocycles. The van der Waals surface area contributed by atoms with Crippen molar-refractivity contribution < 1.29 is 4.74 Å². The molecule has 7 heteroatoms. The number of nitrogens with zero attached hydrogens (tertiary/aromatic N) is 2. The van der Waals surface area contributed by atoms with E-state index in [0.29, 0.717) is 6.54 Å². The van der Waals surface area contributed by atoms with Gasteiger partial charge in [0.05, 0.1) is 12.1 Å². The Balaban J connectivity index is 0.00000288. The molecule has 0 fully saturated rings. The standard InChI is InChI=1S/C17H24N4OS.HI/c1-13-12-23-16(21-13)9-6-10-19-17(18-2)20-11-14-7-4-5-8-15(14)22-3;/h4-5,7-8,12H,6,9-11H2,1-3H3,(H2,18,19,20);1H. The summed E-state index contributed by atoms with van der Waals surface area (Å²) in [5.74, 6) is 1.68. The molecule has 2 N–H and O–H groups in total. The van der Waals surface area contributed by atoms with Crippen molar-refractivity contribution in [3.63, 3.8) is 0 Å². The number of hydrogen-bond donors (Lipinski definition) is 2. The van der Waals surface area contributed by atoms with E-state index in [4.69, 9.17) is 4.74 Å². The summed E-state index contributed by atoms with van der Waals surface area (Å²) in [6.07, 6.45) is 2.03. The molecule has 0 unspecified atom stereocenters. The number of nitrogens with one attached hydrogen (secondary N) is 2. The Kier molecular flexibility index (Phi) is 9.70. The SMILES string of the molecule is CN=C(NCCCc1nc(C)cs1)NCc1ccccc1OC.I. The predicted molar refractivity (Wildman–Crippen MR) is 112 cm³/mol. The fourth-order valence-corrected chi connectivity index (χ4v) is 3.03. The van der Waals surface area contributed by atoms with Crippen LogP contribution in [0.1, 0.15) is 22.7 Å². The summed E-state index contributed by atoms with van der Waals surface area (Å²) >= 11 is 1.73. The average Bonchev–Trinajstić information content (AvgIpc) is 3.00. The van der Waals surface area contributed by atoms with Crippen molar-refractivity contribution in [2.24, 2.45) is 4.99 Å². The quantitative estimate of drug-likeness (QED) is 0.288. The highest BCUT2D eigenvalue weighted by atomic mass is 127. The number of halogens is 1. The number of ether oxygens (including phenoxy) is 1. The Morgan fingerprint density at radius 1 is 1.29 bits per heavy atom. The van der Waals surface area contributed by atoms with Crippen LogP contribution in [0.5, 0.6) is 5.75 Å². The van der Waals surface area contributed by atoms with Gasteiger partial charge >= 0.3 is 0 Å². The zero-order valence-corrected chi connectivity index (χ0v) is 17.5. The van der Waals surface area contributed by atoms with Gasteiger partial charge in [-0.3, -0.25) is 4.99 Å². The van der Waals surface area contributed by atoms with Gasteiger partial charge in [0.25, 0.3) is 0 Å². The largest absolute Gasteiger partial charge is 0.496 e. The van der Waals surface area contributed by atoms with Crippen molar-refractivity contribution >= 4 is 41.3 Å². The van der Waals surface area contributed by atoms with Crippen LogP contribution in [-0.4, -0.2) is 31.6 Å². The minimum absolute atomic E-state index is 0. The zero-order valence-electron chi connectivity index (χ0n) is 14.3. The Hall–Kier alpha value is -1.35. The number of benzene rings is 1. The first-order valence-electron chi connectivity index (χ1n) is 7.70. The molecule has 0 aliphatic heterocycles. The first-order chi connectivity index (χ1) is 11.2. The molecule has 132 valence electrons. The molecule has 0 aliphatic rings. The van der Waals surface area contributed by atoms with Crippen LogP contribution >= 0.6 is 35.3 Å². The van der Waals surface area contributed by atoms with Gasteiger partial charge in [-0.25, -0.2) is 4.98 Å². The molecule has 2 rings (SSSR count). The van der Waals surface area contributed by atoms with E-state index in [1.165, 1.54) is 5.01 Å². The van der Waals surface area contributed by atoms with Gasteiger partial charge < -0.3 is 15.4 Å². The summed E-state index contributed by atoms with van der Waals surface area (Å²) in [6, 6.07) is 7.98. The summed E-state index contributed by atoms with van der Waals surface area (Å²) in [5.41, 5.74) is 2.21. The molecule has 0 aliphatic carbocycles. The maximum Gasteiger partial charge on any atom is 0.191 e. The van der Waals surface area contributed by atoms with Crippen LogP contribution in [-0.2, 0) is 13.0 Å². The minimum atomic E-state index is 0. The van der Waals surface area contributed by atoms with E-state index in [-0.39, 0.29) is 24.0 Å². The molecular formula is C17H25IN4OS. The lowest BCUT2D eigenvalue weighted by molar-refractivity contribution is 0.409. The Morgan fingerprint density at radius 3 is 2.75 bits per heavy atom. The number of rotatable bonds is 7. The molecule has 0 saturated heterocycles. The molecule has 1 heterocycles. The van der Waals surface area contributed by atoms with Gasteiger partial charge in [-0.2, -0.15) is 0 Å². The molecule has 0 radical (unpaired) electrons. The van der Waals surface area contributed by atoms with Crippen LogP contribution in [0.25, 0.3) is 0 Å². The van der Waals surface area contributed by atoms with Crippen LogP contribution < -0.4 is 15.4 Å². The monoisotopic (exact) mass is 460 g/mol. The first kappa shape index (κ1) is 20.7. The van der Waals surface area contributed by atoms with Crippen LogP contribution in [0.3, 0.4) is 0 Å². The van der Waals surface area contributed by atoms with Crippen LogP contribution in [0.15, 0.2) is 34.6 Å². The number of para-hydroxylation sites is 1. The molecule has 5 nitrogen and oxygen atoms in total. The fraction of sp³-hybridized carbons (Fsp3) is 0.412. The lowest BCUT2D eigenvalue weighted by Gasteiger charge is -2.13. The van der Waals surface area contributed by atoms with E-state index in [2.05, 4.69) is 26.0 Å². The summed E-state index contributed by atoms with van der Waals surface area (Å²) in [4.78, 5) is 8.72. The van der Waals surface area contributed by atoms with Crippen molar-refractivity contribution in [1.82, 2.24) is 15.6 Å². The molecule has 0 bridgehead atoms. The van der Waals surface area contributed by atoms with Crippen molar-refractivity contribution in [2.75, 3.05) is 20.7 Å². The second kappa shape index (κ2) is 11.2. The van der Waals surface area contributed by atoms with Gasteiger partial charge in [-0.05, 0) is 19.4 Å². The zero-order chi connectivity index (χ0) is 16.5. The van der Waals surface area contributed by atoms with E-state index in [1.54, 1.807) is 25.5 Å². The van der Waals surface area contributed by atoms with E-state index in [1.807, 2.05) is 31.2 Å². The Labute approximate surface area is 165 Å². The summed E-state index contributed by atoms with van der Waals surface area (Å²) < 4.78 is 5.35.